The number of ether oxygens (including phenoxy) is 3. The van der Waals surface area contributed by atoms with Crippen LogP contribution in [0.1, 0.15) is 11.1 Å². The molecule has 3 aromatic rings. The Morgan fingerprint density at radius 1 is 0.939 bits per heavy atom. The summed E-state index contributed by atoms with van der Waals surface area (Å²) in [6.45, 7) is 3.86. The molecule has 0 aliphatic carbocycles. The highest BCUT2D eigenvalue weighted by Gasteiger charge is 2.16. The molecule has 0 aromatic heterocycles. The molecule has 0 amide bonds. The van der Waals surface area contributed by atoms with Crippen LogP contribution in [0.25, 0.3) is 0 Å². The molecule has 1 fully saturated rings. The van der Waals surface area contributed by atoms with Crippen LogP contribution in [0.15, 0.2) is 54.6 Å². The summed E-state index contributed by atoms with van der Waals surface area (Å²) in [5.41, 5.74) is 3.61. The minimum atomic E-state index is 0.228. The van der Waals surface area contributed by atoms with E-state index >= 15 is 0 Å². The largest absolute Gasteiger partial charge is 0.493 e. The maximum atomic E-state index is 6.58. The number of rotatable bonds is 8. The van der Waals surface area contributed by atoms with Crippen molar-refractivity contribution in [3.8, 4) is 11.5 Å². The van der Waals surface area contributed by atoms with Gasteiger partial charge in [0.1, 0.15) is 6.61 Å². The molecular weight excluding hydrogens is 483 g/mol. The lowest BCUT2D eigenvalue weighted by atomic mass is 10.1. The summed E-state index contributed by atoms with van der Waals surface area (Å²) >= 11 is 19.2. The van der Waals surface area contributed by atoms with Crippen molar-refractivity contribution in [1.29, 1.82) is 0 Å². The van der Waals surface area contributed by atoms with E-state index in [0.29, 0.717) is 46.3 Å². The molecule has 1 N–H and O–H groups in total. The zero-order valence-corrected chi connectivity index (χ0v) is 20.5. The number of para-hydroxylation sites is 1. The lowest BCUT2D eigenvalue weighted by molar-refractivity contribution is 0.122. The van der Waals surface area contributed by atoms with Crippen molar-refractivity contribution >= 4 is 46.2 Å². The number of nitrogens with one attached hydrogen (secondary N) is 1. The van der Waals surface area contributed by atoms with Gasteiger partial charge in [-0.2, -0.15) is 0 Å². The number of halogens is 3. The minimum absolute atomic E-state index is 0.228. The Morgan fingerprint density at radius 3 is 2.36 bits per heavy atom. The summed E-state index contributed by atoms with van der Waals surface area (Å²) < 4.78 is 17.1. The van der Waals surface area contributed by atoms with Gasteiger partial charge in [-0.1, -0.05) is 53.0 Å². The summed E-state index contributed by atoms with van der Waals surface area (Å²) in [4.78, 5) is 2.24. The number of hydrogen-bond donors (Lipinski definition) is 1. The van der Waals surface area contributed by atoms with E-state index < -0.39 is 0 Å². The summed E-state index contributed by atoms with van der Waals surface area (Å²) in [5, 5.41) is 5.26. The van der Waals surface area contributed by atoms with Gasteiger partial charge < -0.3 is 24.4 Å². The second-order valence-corrected chi connectivity index (χ2v) is 8.78. The van der Waals surface area contributed by atoms with Gasteiger partial charge >= 0.3 is 0 Å². The van der Waals surface area contributed by atoms with Gasteiger partial charge in [0.05, 0.1) is 31.0 Å². The fourth-order valence-electron chi connectivity index (χ4n) is 3.71. The predicted octanol–water partition coefficient (Wildman–Crippen LogP) is 6.68. The van der Waals surface area contributed by atoms with Crippen LogP contribution in [0.4, 0.5) is 11.4 Å². The second kappa shape index (κ2) is 11.2. The van der Waals surface area contributed by atoms with E-state index in [9.17, 15) is 0 Å². The molecule has 3 aromatic carbocycles. The number of methoxy groups -OCH3 is 1. The number of nitrogens with zero attached hydrogens (tertiary/aromatic N) is 1. The van der Waals surface area contributed by atoms with Crippen LogP contribution in [-0.2, 0) is 17.9 Å². The molecular formula is C25H25Cl3N2O3. The Morgan fingerprint density at radius 2 is 1.67 bits per heavy atom. The normalized spacial score (nSPS) is 13.6. The van der Waals surface area contributed by atoms with Gasteiger partial charge in [-0.25, -0.2) is 0 Å². The first-order valence-corrected chi connectivity index (χ1v) is 11.8. The number of benzene rings is 3. The fraction of sp³-hybridized carbons (Fsp3) is 0.280. The van der Waals surface area contributed by atoms with Crippen LogP contribution in [0.2, 0.25) is 15.1 Å². The van der Waals surface area contributed by atoms with Gasteiger partial charge in [0.25, 0.3) is 0 Å². The Labute approximate surface area is 209 Å². The standard InChI is InChI=1S/C25H25Cl3N2O3/c1-31-24-7-2-4-17(25(24)33-16-19-20(26)5-3-6-21(19)27)15-29-18-8-9-23(22(28)14-18)30-10-12-32-13-11-30/h2-9,14,29H,10-13,15-16H2,1H3. The van der Waals surface area contributed by atoms with E-state index in [1.54, 1.807) is 19.2 Å². The van der Waals surface area contributed by atoms with E-state index in [4.69, 9.17) is 49.0 Å². The molecule has 1 aliphatic heterocycles. The van der Waals surface area contributed by atoms with Crippen LogP contribution < -0.4 is 19.7 Å². The number of hydrogen-bond acceptors (Lipinski definition) is 5. The van der Waals surface area contributed by atoms with Crippen molar-refractivity contribution in [2.75, 3.05) is 43.6 Å². The van der Waals surface area contributed by atoms with Crippen molar-refractivity contribution in [1.82, 2.24) is 0 Å². The smallest absolute Gasteiger partial charge is 0.166 e. The first kappa shape index (κ1) is 23.8. The molecule has 4 rings (SSSR count). The van der Waals surface area contributed by atoms with Crippen LogP contribution in [0, 0.1) is 0 Å². The summed E-state index contributed by atoms with van der Waals surface area (Å²) in [6, 6.07) is 17.2. The summed E-state index contributed by atoms with van der Waals surface area (Å²) in [7, 11) is 1.62. The Kier molecular flexibility index (Phi) is 8.10. The van der Waals surface area contributed by atoms with Gasteiger partial charge in [0, 0.05) is 46.5 Å². The molecule has 8 heteroatoms. The molecule has 174 valence electrons. The Bertz CT molecular complexity index is 1080. The highest BCUT2D eigenvalue weighted by Crippen LogP contribution is 2.35. The van der Waals surface area contributed by atoms with Crippen molar-refractivity contribution in [3.05, 3.63) is 80.8 Å². The average Bonchev–Trinajstić information content (AvgIpc) is 2.83. The minimum Gasteiger partial charge on any atom is -0.493 e. The van der Waals surface area contributed by atoms with E-state index in [1.807, 2.05) is 42.5 Å². The van der Waals surface area contributed by atoms with Crippen LogP contribution >= 0.6 is 34.8 Å². The highest BCUT2D eigenvalue weighted by molar-refractivity contribution is 6.36. The molecule has 0 saturated carbocycles. The van der Waals surface area contributed by atoms with Crippen molar-refractivity contribution in [2.24, 2.45) is 0 Å². The fourth-order valence-corrected chi connectivity index (χ4v) is 4.52. The summed E-state index contributed by atoms with van der Waals surface area (Å²) in [5.74, 6) is 1.28. The average molecular weight is 508 g/mol. The lowest BCUT2D eigenvalue weighted by Gasteiger charge is -2.29. The Hall–Kier alpha value is -2.31. The van der Waals surface area contributed by atoms with Crippen molar-refractivity contribution < 1.29 is 14.2 Å². The highest BCUT2D eigenvalue weighted by atomic mass is 35.5. The molecule has 0 atom stereocenters. The SMILES string of the molecule is COc1cccc(CNc2ccc(N3CCOCC3)c(Cl)c2)c1OCc1c(Cl)cccc1Cl. The third-order valence-corrected chi connectivity index (χ3v) is 6.50. The topological polar surface area (TPSA) is 43.0 Å². The van der Waals surface area contributed by atoms with Gasteiger partial charge in [-0.15, -0.1) is 0 Å². The van der Waals surface area contributed by atoms with E-state index in [-0.39, 0.29) is 6.61 Å². The maximum Gasteiger partial charge on any atom is 0.166 e. The maximum absolute atomic E-state index is 6.58. The van der Waals surface area contributed by atoms with Crippen LogP contribution in [0.5, 0.6) is 11.5 Å². The third kappa shape index (κ3) is 5.79. The van der Waals surface area contributed by atoms with E-state index in [2.05, 4.69) is 10.2 Å². The van der Waals surface area contributed by atoms with Crippen LogP contribution in [-0.4, -0.2) is 33.4 Å². The molecule has 5 nitrogen and oxygen atoms in total. The summed E-state index contributed by atoms with van der Waals surface area (Å²) in [6.07, 6.45) is 0. The monoisotopic (exact) mass is 506 g/mol. The molecule has 1 heterocycles. The first-order valence-electron chi connectivity index (χ1n) is 10.6. The number of morpholine rings is 1. The van der Waals surface area contributed by atoms with E-state index in [0.717, 1.165) is 35.6 Å². The van der Waals surface area contributed by atoms with Gasteiger partial charge in [-0.05, 0) is 36.4 Å². The van der Waals surface area contributed by atoms with Crippen molar-refractivity contribution in [3.63, 3.8) is 0 Å². The molecule has 33 heavy (non-hydrogen) atoms. The molecule has 0 bridgehead atoms. The van der Waals surface area contributed by atoms with Gasteiger partial charge in [0.15, 0.2) is 11.5 Å². The molecule has 0 radical (unpaired) electrons. The van der Waals surface area contributed by atoms with Crippen LogP contribution in [0.3, 0.4) is 0 Å². The quantitative estimate of drug-likeness (QED) is 0.368. The third-order valence-electron chi connectivity index (χ3n) is 5.49. The molecule has 1 aliphatic rings. The zero-order valence-electron chi connectivity index (χ0n) is 18.2. The molecule has 1 saturated heterocycles. The van der Waals surface area contributed by atoms with Crippen molar-refractivity contribution in [2.45, 2.75) is 13.2 Å². The van der Waals surface area contributed by atoms with E-state index in [1.165, 1.54) is 0 Å². The first-order chi connectivity index (χ1) is 16.1. The second-order valence-electron chi connectivity index (χ2n) is 7.56. The number of anilines is 2. The molecule has 0 unspecified atom stereocenters. The Balaban J connectivity index is 1.48. The zero-order chi connectivity index (χ0) is 23.2. The van der Waals surface area contributed by atoms with Gasteiger partial charge in [-0.3, -0.25) is 0 Å². The van der Waals surface area contributed by atoms with Gasteiger partial charge in [0.2, 0.25) is 0 Å². The lowest BCUT2D eigenvalue weighted by Crippen LogP contribution is -2.36. The molecule has 0 spiro atoms. The predicted molar refractivity (Wildman–Crippen MR) is 136 cm³/mol.